The number of likely N-dealkylation sites (N-methyl/N-ethyl adjacent to an activating group) is 1. The lowest BCUT2D eigenvalue weighted by atomic mass is 9.90. The molecule has 1 aromatic carbocycles. The van der Waals surface area contributed by atoms with Crippen molar-refractivity contribution in [3.05, 3.63) is 34.9 Å². The van der Waals surface area contributed by atoms with Gasteiger partial charge < -0.3 is 5.32 Å². The van der Waals surface area contributed by atoms with E-state index in [2.05, 4.69) is 43.1 Å². The van der Waals surface area contributed by atoms with E-state index in [1.807, 2.05) is 6.07 Å². The zero-order valence-electron chi connectivity index (χ0n) is 13.6. The molecule has 0 aromatic heterocycles. The van der Waals surface area contributed by atoms with Crippen LogP contribution in [0.3, 0.4) is 0 Å². The predicted octanol–water partition coefficient (Wildman–Crippen LogP) is 3.03. The van der Waals surface area contributed by atoms with Crippen molar-refractivity contribution in [3.8, 4) is 0 Å². The lowest BCUT2D eigenvalue weighted by Crippen LogP contribution is -2.38. The molecule has 0 atom stereocenters. The Morgan fingerprint density at radius 2 is 1.95 bits per heavy atom. The van der Waals surface area contributed by atoms with Gasteiger partial charge in [-0.1, -0.05) is 13.0 Å². The smallest absolute Gasteiger partial charge is 0.251 e. The van der Waals surface area contributed by atoms with Gasteiger partial charge in [0.05, 0.1) is 0 Å². The quantitative estimate of drug-likeness (QED) is 0.872. The third-order valence-corrected chi connectivity index (χ3v) is 4.43. The molecule has 116 valence electrons. The number of nitrogens with zero attached hydrogens (tertiary/aromatic N) is 1. The molecule has 0 saturated heterocycles. The average molecular weight is 288 g/mol. The lowest BCUT2D eigenvalue weighted by molar-refractivity contribution is 0.0945. The molecule has 0 aliphatic heterocycles. The fourth-order valence-electron chi connectivity index (χ4n) is 3.07. The van der Waals surface area contributed by atoms with Crippen molar-refractivity contribution in [3.63, 3.8) is 0 Å². The Hall–Kier alpha value is -1.35. The first kappa shape index (κ1) is 16.0. The van der Waals surface area contributed by atoms with Gasteiger partial charge in [0.2, 0.25) is 0 Å². The van der Waals surface area contributed by atoms with Crippen LogP contribution in [0, 0.1) is 0 Å². The van der Waals surface area contributed by atoms with Crippen LogP contribution in [0.15, 0.2) is 18.2 Å². The molecule has 0 spiro atoms. The Labute approximate surface area is 128 Å². The van der Waals surface area contributed by atoms with E-state index in [-0.39, 0.29) is 5.91 Å². The molecule has 0 heterocycles. The summed E-state index contributed by atoms with van der Waals surface area (Å²) in [7, 11) is 0. The predicted molar refractivity (Wildman–Crippen MR) is 87.8 cm³/mol. The summed E-state index contributed by atoms with van der Waals surface area (Å²) in [4.78, 5) is 14.6. The second-order valence-electron chi connectivity index (χ2n) is 6.17. The molecule has 0 bridgehead atoms. The van der Waals surface area contributed by atoms with Crippen LogP contribution in [0.1, 0.15) is 55.1 Å². The first-order valence-corrected chi connectivity index (χ1v) is 8.26. The number of nitrogens with one attached hydrogen (secondary N) is 1. The Morgan fingerprint density at radius 1 is 1.24 bits per heavy atom. The highest BCUT2D eigenvalue weighted by atomic mass is 16.1. The second kappa shape index (κ2) is 7.60. The van der Waals surface area contributed by atoms with Crippen molar-refractivity contribution >= 4 is 5.91 Å². The maximum atomic E-state index is 12.2. The monoisotopic (exact) mass is 288 g/mol. The van der Waals surface area contributed by atoms with Crippen molar-refractivity contribution < 1.29 is 4.79 Å². The maximum absolute atomic E-state index is 12.2. The lowest BCUT2D eigenvalue weighted by Gasteiger charge is -2.24. The van der Waals surface area contributed by atoms with Gasteiger partial charge in [-0.3, -0.25) is 9.69 Å². The number of carbonyl (C=O) groups excluding carboxylic acids is 1. The second-order valence-corrected chi connectivity index (χ2v) is 6.17. The summed E-state index contributed by atoms with van der Waals surface area (Å²) >= 11 is 0. The van der Waals surface area contributed by atoms with Crippen LogP contribution in [0.2, 0.25) is 0 Å². The van der Waals surface area contributed by atoms with Gasteiger partial charge in [-0.25, -0.2) is 0 Å². The van der Waals surface area contributed by atoms with Gasteiger partial charge in [-0.05, 0) is 69.3 Å². The molecule has 21 heavy (non-hydrogen) atoms. The fraction of sp³-hybridized carbons (Fsp3) is 0.611. The van der Waals surface area contributed by atoms with Gasteiger partial charge in [0.15, 0.2) is 0 Å². The molecule has 0 fully saturated rings. The van der Waals surface area contributed by atoms with Crippen LogP contribution in [-0.2, 0) is 12.8 Å². The van der Waals surface area contributed by atoms with Gasteiger partial charge in [-0.15, -0.1) is 0 Å². The number of rotatable bonds is 6. The third kappa shape index (κ3) is 4.31. The maximum Gasteiger partial charge on any atom is 0.251 e. The zero-order valence-corrected chi connectivity index (χ0v) is 13.6. The van der Waals surface area contributed by atoms with Crippen molar-refractivity contribution in [2.75, 3.05) is 19.6 Å². The Balaban J connectivity index is 1.89. The summed E-state index contributed by atoms with van der Waals surface area (Å²) in [5, 5.41) is 3.04. The molecule has 0 saturated carbocycles. The van der Waals surface area contributed by atoms with Gasteiger partial charge in [0.25, 0.3) is 5.91 Å². The molecule has 1 aliphatic carbocycles. The van der Waals surface area contributed by atoms with Crippen LogP contribution in [0.4, 0.5) is 0 Å². The van der Waals surface area contributed by atoms with Crippen molar-refractivity contribution in [1.29, 1.82) is 0 Å². The Kier molecular flexibility index (Phi) is 5.80. The summed E-state index contributed by atoms with van der Waals surface area (Å²) in [6, 6.07) is 6.72. The summed E-state index contributed by atoms with van der Waals surface area (Å²) < 4.78 is 0. The van der Waals surface area contributed by atoms with Gasteiger partial charge in [0, 0.05) is 24.7 Å². The van der Waals surface area contributed by atoms with Gasteiger partial charge in [-0.2, -0.15) is 0 Å². The van der Waals surface area contributed by atoms with E-state index < -0.39 is 0 Å². The number of carbonyl (C=O) groups is 1. The molecular formula is C18H28N2O. The highest BCUT2D eigenvalue weighted by Crippen LogP contribution is 2.22. The van der Waals surface area contributed by atoms with Crippen LogP contribution >= 0.6 is 0 Å². The van der Waals surface area contributed by atoms with Crippen LogP contribution in [-0.4, -0.2) is 36.5 Å². The zero-order chi connectivity index (χ0) is 15.2. The summed E-state index contributed by atoms with van der Waals surface area (Å²) in [5.74, 6) is 0.0585. The molecule has 0 radical (unpaired) electrons. The summed E-state index contributed by atoms with van der Waals surface area (Å²) in [5.41, 5.74) is 3.60. The molecule has 3 heteroatoms. The molecular weight excluding hydrogens is 260 g/mol. The Bertz CT molecular complexity index is 482. The normalized spacial score (nSPS) is 14.3. The van der Waals surface area contributed by atoms with E-state index in [1.54, 1.807) is 0 Å². The largest absolute Gasteiger partial charge is 0.351 e. The first-order chi connectivity index (χ1) is 10.1. The number of aryl methyl sites for hydroxylation is 2. The van der Waals surface area contributed by atoms with Gasteiger partial charge >= 0.3 is 0 Å². The number of amides is 1. The molecule has 0 unspecified atom stereocenters. The van der Waals surface area contributed by atoms with E-state index in [9.17, 15) is 4.79 Å². The fourth-order valence-corrected chi connectivity index (χ4v) is 3.07. The minimum atomic E-state index is 0.0585. The average Bonchev–Trinajstić information content (AvgIpc) is 2.50. The van der Waals surface area contributed by atoms with E-state index in [0.717, 1.165) is 31.5 Å². The van der Waals surface area contributed by atoms with E-state index in [0.29, 0.717) is 12.6 Å². The highest BCUT2D eigenvalue weighted by Gasteiger charge is 2.13. The van der Waals surface area contributed by atoms with Crippen LogP contribution in [0.25, 0.3) is 0 Å². The highest BCUT2D eigenvalue weighted by molar-refractivity contribution is 5.94. The number of hydrogen-bond acceptors (Lipinski definition) is 2. The molecule has 1 aliphatic rings. The minimum absolute atomic E-state index is 0.0585. The minimum Gasteiger partial charge on any atom is -0.351 e. The summed E-state index contributed by atoms with van der Waals surface area (Å²) in [6.07, 6.45) is 4.81. The van der Waals surface area contributed by atoms with E-state index >= 15 is 0 Å². The van der Waals surface area contributed by atoms with Crippen molar-refractivity contribution in [2.24, 2.45) is 0 Å². The first-order valence-electron chi connectivity index (χ1n) is 8.26. The molecule has 1 N–H and O–H groups in total. The van der Waals surface area contributed by atoms with E-state index in [1.165, 1.54) is 24.0 Å². The van der Waals surface area contributed by atoms with Crippen molar-refractivity contribution in [1.82, 2.24) is 10.2 Å². The molecule has 2 rings (SSSR count). The van der Waals surface area contributed by atoms with Gasteiger partial charge in [0.1, 0.15) is 0 Å². The van der Waals surface area contributed by atoms with Crippen molar-refractivity contribution in [2.45, 2.75) is 52.5 Å². The van der Waals surface area contributed by atoms with Crippen LogP contribution in [0.5, 0.6) is 0 Å². The molecule has 1 amide bonds. The Morgan fingerprint density at radius 3 is 2.62 bits per heavy atom. The number of benzene rings is 1. The number of hydrogen-bond donors (Lipinski definition) is 1. The standard InChI is InChI=1S/C18H28N2O/c1-4-20(14(2)3)12-11-19-18(21)17-10-9-15-7-5-6-8-16(15)13-17/h9-10,13-14H,4-8,11-12H2,1-3H3,(H,19,21). The SMILES string of the molecule is CCN(CCNC(=O)c1ccc2c(c1)CCCC2)C(C)C. The molecule has 1 aromatic rings. The number of fused-ring (bicyclic) bond motifs is 1. The third-order valence-electron chi connectivity index (χ3n) is 4.43. The van der Waals surface area contributed by atoms with E-state index in [4.69, 9.17) is 0 Å². The summed E-state index contributed by atoms with van der Waals surface area (Å²) in [6.45, 7) is 9.17. The molecule has 3 nitrogen and oxygen atoms in total. The van der Waals surface area contributed by atoms with Crippen LogP contribution < -0.4 is 5.32 Å². The topological polar surface area (TPSA) is 32.3 Å².